The molecule has 0 atom stereocenters. The first-order valence-electron chi connectivity index (χ1n) is 4.84. The average Bonchev–Trinajstić information content (AvgIpc) is 2.29. The van der Waals surface area contributed by atoms with E-state index in [1.165, 1.54) is 18.2 Å². The topological polar surface area (TPSA) is 0 Å². The van der Waals surface area contributed by atoms with Crippen LogP contribution in [0.1, 0.15) is 5.56 Å². The average molecular weight is 232 g/mol. The second kappa shape index (κ2) is 4.34. The second-order valence-corrected chi connectivity index (χ2v) is 3.43. The number of hydrogen-bond acceptors (Lipinski definition) is 0. The van der Waals surface area contributed by atoms with E-state index < -0.39 is 17.5 Å². The van der Waals surface area contributed by atoms with E-state index in [1.54, 1.807) is 6.07 Å². The van der Waals surface area contributed by atoms with Gasteiger partial charge in [-0.1, -0.05) is 24.1 Å². The third kappa shape index (κ3) is 2.02. The van der Waals surface area contributed by atoms with Gasteiger partial charge < -0.3 is 0 Å². The largest absolute Gasteiger partial charge is 0.207 e. The van der Waals surface area contributed by atoms with E-state index in [2.05, 4.69) is 5.92 Å². The highest BCUT2D eigenvalue weighted by Crippen LogP contribution is 2.29. The summed E-state index contributed by atoms with van der Waals surface area (Å²) in [5, 5.41) is 0. The molecule has 0 unspecified atom stereocenters. The highest BCUT2D eigenvalue weighted by Gasteiger charge is 2.15. The molecule has 0 amide bonds. The molecule has 0 saturated carbocycles. The molecule has 17 heavy (non-hydrogen) atoms. The van der Waals surface area contributed by atoms with E-state index in [-0.39, 0.29) is 16.7 Å². The summed E-state index contributed by atoms with van der Waals surface area (Å²) in [4.78, 5) is 0. The number of halogens is 3. The van der Waals surface area contributed by atoms with Crippen LogP contribution in [0.4, 0.5) is 13.2 Å². The molecule has 0 aliphatic rings. The number of terminal acetylenes is 1. The summed E-state index contributed by atoms with van der Waals surface area (Å²) >= 11 is 0. The van der Waals surface area contributed by atoms with Gasteiger partial charge in [-0.25, -0.2) is 13.2 Å². The van der Waals surface area contributed by atoms with Crippen molar-refractivity contribution in [2.24, 2.45) is 0 Å². The summed E-state index contributed by atoms with van der Waals surface area (Å²) in [6, 6.07) is 7.32. The van der Waals surface area contributed by atoms with Gasteiger partial charge in [0.15, 0.2) is 0 Å². The molecule has 0 fully saturated rings. The van der Waals surface area contributed by atoms with Crippen LogP contribution in [0.2, 0.25) is 0 Å². The van der Waals surface area contributed by atoms with Crippen molar-refractivity contribution in [3.63, 3.8) is 0 Å². The molecule has 0 bridgehead atoms. The first-order chi connectivity index (χ1) is 8.13. The van der Waals surface area contributed by atoms with Gasteiger partial charge in [0.2, 0.25) is 0 Å². The molecule has 0 aromatic heterocycles. The van der Waals surface area contributed by atoms with Crippen molar-refractivity contribution < 1.29 is 13.2 Å². The van der Waals surface area contributed by atoms with E-state index in [0.717, 1.165) is 6.07 Å². The Balaban J connectivity index is 2.77. The van der Waals surface area contributed by atoms with Crippen LogP contribution in [0.3, 0.4) is 0 Å². The summed E-state index contributed by atoms with van der Waals surface area (Å²) in [5.41, 5.74) is -0.0717. The van der Waals surface area contributed by atoms with Crippen LogP contribution in [0, 0.1) is 29.8 Å². The third-order valence-electron chi connectivity index (χ3n) is 2.35. The van der Waals surface area contributed by atoms with Crippen LogP contribution < -0.4 is 0 Å². The smallest absolute Gasteiger partial charge is 0.135 e. The van der Waals surface area contributed by atoms with Gasteiger partial charge in [-0.3, -0.25) is 0 Å². The number of hydrogen-bond donors (Lipinski definition) is 0. The van der Waals surface area contributed by atoms with E-state index in [1.807, 2.05) is 0 Å². The van der Waals surface area contributed by atoms with Gasteiger partial charge in [-0.15, -0.1) is 6.42 Å². The van der Waals surface area contributed by atoms with Crippen LogP contribution in [0.25, 0.3) is 11.1 Å². The standard InChI is InChI=1S/C14H7F3/c1-2-9-7-10(15)8-13(17)14(9)11-5-3-4-6-12(11)16/h1,3-8H. The Morgan fingerprint density at radius 1 is 0.941 bits per heavy atom. The minimum atomic E-state index is -0.872. The zero-order valence-electron chi connectivity index (χ0n) is 8.68. The highest BCUT2D eigenvalue weighted by molar-refractivity contribution is 5.72. The van der Waals surface area contributed by atoms with Crippen molar-refractivity contribution in [3.8, 4) is 23.5 Å². The van der Waals surface area contributed by atoms with Crippen LogP contribution >= 0.6 is 0 Å². The van der Waals surface area contributed by atoms with E-state index >= 15 is 0 Å². The fraction of sp³-hybridized carbons (Fsp3) is 0. The minimum absolute atomic E-state index is 0.00685. The minimum Gasteiger partial charge on any atom is -0.207 e. The molecule has 0 nitrogen and oxygen atoms in total. The summed E-state index contributed by atoms with van der Waals surface area (Å²) < 4.78 is 40.2. The maximum absolute atomic E-state index is 13.7. The first-order valence-corrected chi connectivity index (χ1v) is 4.84. The van der Waals surface area contributed by atoms with Gasteiger partial charge in [0.1, 0.15) is 17.5 Å². The quantitative estimate of drug-likeness (QED) is 0.657. The zero-order valence-corrected chi connectivity index (χ0v) is 8.68. The maximum atomic E-state index is 13.7. The Bertz CT molecular complexity index is 609. The normalized spacial score (nSPS) is 10.0. The van der Waals surface area contributed by atoms with Gasteiger partial charge in [0, 0.05) is 22.8 Å². The molecule has 2 rings (SSSR count). The highest BCUT2D eigenvalue weighted by atomic mass is 19.1. The molecule has 3 heteroatoms. The fourth-order valence-electron chi connectivity index (χ4n) is 1.63. The van der Waals surface area contributed by atoms with Gasteiger partial charge in [0.05, 0.1) is 0 Å². The predicted octanol–water partition coefficient (Wildman–Crippen LogP) is 3.75. The zero-order chi connectivity index (χ0) is 12.4. The lowest BCUT2D eigenvalue weighted by Gasteiger charge is -2.08. The lowest BCUT2D eigenvalue weighted by Crippen LogP contribution is -1.94. The Morgan fingerprint density at radius 3 is 2.29 bits per heavy atom. The summed E-state index contributed by atoms with van der Waals surface area (Å²) in [6.45, 7) is 0. The molecule has 0 saturated heterocycles. The molecule has 0 aliphatic carbocycles. The van der Waals surface area contributed by atoms with E-state index in [4.69, 9.17) is 6.42 Å². The summed E-state index contributed by atoms with van der Waals surface area (Å²) in [6.07, 6.45) is 5.17. The van der Waals surface area contributed by atoms with Crippen molar-refractivity contribution in [2.75, 3.05) is 0 Å². The maximum Gasteiger partial charge on any atom is 0.135 e. The lowest BCUT2D eigenvalue weighted by molar-refractivity contribution is 0.582. The van der Waals surface area contributed by atoms with Crippen molar-refractivity contribution in [2.45, 2.75) is 0 Å². The van der Waals surface area contributed by atoms with E-state index in [0.29, 0.717) is 6.07 Å². The molecular formula is C14H7F3. The lowest BCUT2D eigenvalue weighted by atomic mass is 9.99. The van der Waals surface area contributed by atoms with Gasteiger partial charge in [0.25, 0.3) is 0 Å². The van der Waals surface area contributed by atoms with Crippen molar-refractivity contribution >= 4 is 0 Å². The SMILES string of the molecule is C#Cc1cc(F)cc(F)c1-c1ccccc1F. The van der Waals surface area contributed by atoms with Crippen LogP contribution in [0.15, 0.2) is 36.4 Å². The Kier molecular flexibility index (Phi) is 2.88. The Hall–Kier alpha value is -2.21. The van der Waals surface area contributed by atoms with Crippen molar-refractivity contribution in [1.82, 2.24) is 0 Å². The first kappa shape index (κ1) is 11.3. The Morgan fingerprint density at radius 2 is 1.65 bits per heavy atom. The van der Waals surface area contributed by atoms with Crippen molar-refractivity contribution in [3.05, 3.63) is 59.4 Å². The molecule has 0 heterocycles. The van der Waals surface area contributed by atoms with Gasteiger partial charge in [-0.2, -0.15) is 0 Å². The van der Waals surface area contributed by atoms with Crippen molar-refractivity contribution in [1.29, 1.82) is 0 Å². The fourth-order valence-corrected chi connectivity index (χ4v) is 1.63. The number of rotatable bonds is 1. The van der Waals surface area contributed by atoms with Gasteiger partial charge >= 0.3 is 0 Å². The monoisotopic (exact) mass is 232 g/mol. The summed E-state index contributed by atoms with van der Waals surface area (Å²) in [5.74, 6) is -0.100. The van der Waals surface area contributed by atoms with Crippen LogP contribution in [-0.2, 0) is 0 Å². The van der Waals surface area contributed by atoms with Crippen LogP contribution in [-0.4, -0.2) is 0 Å². The molecule has 84 valence electrons. The third-order valence-corrected chi connectivity index (χ3v) is 2.35. The van der Waals surface area contributed by atoms with Gasteiger partial charge in [-0.05, 0) is 12.1 Å². The van der Waals surface area contributed by atoms with E-state index in [9.17, 15) is 13.2 Å². The molecule has 2 aromatic carbocycles. The summed E-state index contributed by atoms with van der Waals surface area (Å²) in [7, 11) is 0. The molecule has 0 spiro atoms. The predicted molar refractivity (Wildman–Crippen MR) is 59.7 cm³/mol. The molecule has 0 N–H and O–H groups in total. The molecule has 0 radical (unpaired) electrons. The second-order valence-electron chi connectivity index (χ2n) is 3.43. The number of benzene rings is 2. The Labute approximate surface area is 96.7 Å². The molecule has 0 aliphatic heterocycles. The molecular weight excluding hydrogens is 225 g/mol. The van der Waals surface area contributed by atoms with Crippen LogP contribution in [0.5, 0.6) is 0 Å². The molecule has 2 aromatic rings.